The molecule has 1 aromatic heterocycles. The molecule has 0 unspecified atom stereocenters. The smallest absolute Gasteiger partial charge is 0.262 e. The van der Waals surface area contributed by atoms with Crippen LogP contribution in [-0.2, 0) is 4.79 Å². The molecule has 2 aromatic carbocycles. The molecular formula is C19H17N3O4S. The Labute approximate surface area is 160 Å². The number of carbonyl (C=O) groups is 2. The predicted octanol–water partition coefficient (Wildman–Crippen LogP) is 3.42. The molecule has 3 rings (SSSR count). The van der Waals surface area contributed by atoms with Crippen molar-refractivity contribution in [2.24, 2.45) is 0 Å². The first-order valence-corrected chi connectivity index (χ1v) is 8.90. The van der Waals surface area contributed by atoms with Crippen molar-refractivity contribution in [1.82, 2.24) is 4.98 Å². The van der Waals surface area contributed by atoms with E-state index in [1.807, 2.05) is 6.07 Å². The molecule has 2 amide bonds. The summed E-state index contributed by atoms with van der Waals surface area (Å²) < 4.78 is 10.7. The predicted molar refractivity (Wildman–Crippen MR) is 104 cm³/mol. The van der Waals surface area contributed by atoms with Crippen LogP contribution in [0.3, 0.4) is 0 Å². The monoisotopic (exact) mass is 383 g/mol. The van der Waals surface area contributed by atoms with Gasteiger partial charge in [-0.2, -0.15) is 0 Å². The molecule has 0 aliphatic rings. The van der Waals surface area contributed by atoms with Gasteiger partial charge in [0, 0.05) is 22.8 Å². The van der Waals surface area contributed by atoms with E-state index in [1.54, 1.807) is 54.0 Å². The number of amides is 2. The SMILES string of the molecule is COc1ccccc1OCC(=O)Nc1cccc(C(=O)Nc2nccs2)c1. The Morgan fingerprint density at radius 3 is 2.63 bits per heavy atom. The normalized spacial score (nSPS) is 10.1. The van der Waals surface area contributed by atoms with E-state index in [2.05, 4.69) is 15.6 Å². The lowest BCUT2D eigenvalue weighted by atomic mass is 10.2. The molecule has 0 spiro atoms. The van der Waals surface area contributed by atoms with Gasteiger partial charge >= 0.3 is 0 Å². The summed E-state index contributed by atoms with van der Waals surface area (Å²) in [5.74, 6) is 0.377. The molecule has 0 radical (unpaired) electrons. The van der Waals surface area contributed by atoms with Crippen LogP contribution < -0.4 is 20.1 Å². The van der Waals surface area contributed by atoms with E-state index in [9.17, 15) is 9.59 Å². The van der Waals surface area contributed by atoms with Crippen molar-refractivity contribution in [2.75, 3.05) is 24.4 Å². The minimum Gasteiger partial charge on any atom is -0.493 e. The summed E-state index contributed by atoms with van der Waals surface area (Å²) in [6.07, 6.45) is 1.61. The largest absolute Gasteiger partial charge is 0.493 e. The van der Waals surface area contributed by atoms with Gasteiger partial charge in [-0.1, -0.05) is 18.2 Å². The number of hydrogen-bond acceptors (Lipinski definition) is 6. The summed E-state index contributed by atoms with van der Waals surface area (Å²) in [5.41, 5.74) is 0.907. The molecule has 0 aliphatic carbocycles. The van der Waals surface area contributed by atoms with Gasteiger partial charge in [-0.15, -0.1) is 11.3 Å². The van der Waals surface area contributed by atoms with Crippen LogP contribution in [0.4, 0.5) is 10.8 Å². The van der Waals surface area contributed by atoms with Gasteiger partial charge in [-0.05, 0) is 30.3 Å². The van der Waals surface area contributed by atoms with Gasteiger partial charge in [-0.3, -0.25) is 14.9 Å². The number of aromatic nitrogens is 1. The van der Waals surface area contributed by atoms with Crippen molar-refractivity contribution >= 4 is 34.0 Å². The third kappa shape index (κ3) is 5.05. The first-order chi connectivity index (χ1) is 13.2. The van der Waals surface area contributed by atoms with Crippen molar-refractivity contribution in [1.29, 1.82) is 0 Å². The van der Waals surface area contributed by atoms with Crippen LogP contribution in [0.25, 0.3) is 0 Å². The van der Waals surface area contributed by atoms with Crippen molar-refractivity contribution in [3.63, 3.8) is 0 Å². The average molecular weight is 383 g/mol. The topological polar surface area (TPSA) is 89.5 Å². The fraction of sp³-hybridized carbons (Fsp3) is 0.105. The second kappa shape index (κ2) is 8.81. The fourth-order valence-electron chi connectivity index (χ4n) is 2.27. The maximum atomic E-state index is 12.2. The molecule has 7 nitrogen and oxygen atoms in total. The Balaban J connectivity index is 1.58. The second-order valence-corrected chi connectivity index (χ2v) is 6.25. The molecule has 0 fully saturated rings. The highest BCUT2D eigenvalue weighted by Crippen LogP contribution is 2.25. The molecule has 138 valence electrons. The maximum Gasteiger partial charge on any atom is 0.262 e. The highest BCUT2D eigenvalue weighted by molar-refractivity contribution is 7.13. The van der Waals surface area contributed by atoms with E-state index in [0.717, 1.165) is 0 Å². The number of para-hydroxylation sites is 2. The van der Waals surface area contributed by atoms with Crippen molar-refractivity contribution < 1.29 is 19.1 Å². The number of ether oxygens (including phenoxy) is 2. The Morgan fingerprint density at radius 1 is 1.07 bits per heavy atom. The average Bonchev–Trinajstić information content (AvgIpc) is 3.20. The summed E-state index contributed by atoms with van der Waals surface area (Å²) in [7, 11) is 1.53. The van der Waals surface area contributed by atoms with Crippen LogP contribution >= 0.6 is 11.3 Å². The number of methoxy groups -OCH3 is 1. The van der Waals surface area contributed by atoms with Gasteiger partial charge in [0.15, 0.2) is 23.2 Å². The molecule has 8 heteroatoms. The first-order valence-electron chi connectivity index (χ1n) is 8.02. The van der Waals surface area contributed by atoms with E-state index in [-0.39, 0.29) is 18.4 Å². The highest BCUT2D eigenvalue weighted by atomic mass is 32.1. The van der Waals surface area contributed by atoms with E-state index in [1.165, 1.54) is 18.4 Å². The fourth-order valence-corrected chi connectivity index (χ4v) is 2.80. The van der Waals surface area contributed by atoms with E-state index in [4.69, 9.17) is 9.47 Å². The van der Waals surface area contributed by atoms with E-state index in [0.29, 0.717) is 27.9 Å². The number of nitrogens with zero attached hydrogens (tertiary/aromatic N) is 1. The third-order valence-corrected chi connectivity index (χ3v) is 4.18. The number of hydrogen-bond donors (Lipinski definition) is 2. The summed E-state index contributed by atoms with van der Waals surface area (Å²) >= 11 is 1.33. The minimum atomic E-state index is -0.349. The number of carbonyl (C=O) groups excluding carboxylic acids is 2. The number of nitrogens with one attached hydrogen (secondary N) is 2. The Kier molecular flexibility index (Phi) is 6.01. The molecular weight excluding hydrogens is 366 g/mol. The van der Waals surface area contributed by atoms with E-state index < -0.39 is 0 Å². The zero-order valence-corrected chi connectivity index (χ0v) is 15.3. The minimum absolute atomic E-state index is 0.185. The quantitative estimate of drug-likeness (QED) is 0.652. The van der Waals surface area contributed by atoms with E-state index >= 15 is 0 Å². The van der Waals surface area contributed by atoms with Gasteiger partial charge in [0.25, 0.3) is 11.8 Å². The standard InChI is InChI=1S/C19H17N3O4S/c1-25-15-7-2-3-8-16(15)26-12-17(23)21-14-6-4-5-13(11-14)18(24)22-19-20-9-10-27-19/h2-11H,12H2,1H3,(H,21,23)(H,20,22,24). The number of anilines is 2. The van der Waals surface area contributed by atoms with Crippen molar-refractivity contribution in [2.45, 2.75) is 0 Å². The number of benzene rings is 2. The zero-order valence-electron chi connectivity index (χ0n) is 14.5. The maximum absolute atomic E-state index is 12.2. The zero-order chi connectivity index (χ0) is 19.1. The van der Waals surface area contributed by atoms with Gasteiger partial charge in [0.2, 0.25) is 0 Å². The molecule has 0 saturated carbocycles. The van der Waals surface area contributed by atoms with Gasteiger partial charge in [0.1, 0.15) is 0 Å². The molecule has 27 heavy (non-hydrogen) atoms. The summed E-state index contributed by atoms with van der Waals surface area (Å²) in [6.45, 7) is -0.185. The molecule has 0 bridgehead atoms. The lowest BCUT2D eigenvalue weighted by Crippen LogP contribution is -2.20. The molecule has 0 atom stereocenters. The van der Waals surface area contributed by atoms with Crippen molar-refractivity contribution in [3.05, 3.63) is 65.7 Å². The van der Waals surface area contributed by atoms with Crippen LogP contribution in [0, 0.1) is 0 Å². The second-order valence-electron chi connectivity index (χ2n) is 5.36. The Bertz CT molecular complexity index is 928. The molecule has 0 aliphatic heterocycles. The molecule has 2 N–H and O–H groups in total. The molecule has 1 heterocycles. The van der Waals surface area contributed by atoms with Gasteiger partial charge in [0.05, 0.1) is 7.11 Å². The van der Waals surface area contributed by atoms with Crippen LogP contribution in [0.15, 0.2) is 60.1 Å². The lowest BCUT2D eigenvalue weighted by molar-refractivity contribution is -0.118. The first kappa shape index (κ1) is 18.4. The van der Waals surface area contributed by atoms with Crippen LogP contribution in [0.2, 0.25) is 0 Å². The summed E-state index contributed by atoms with van der Waals surface area (Å²) in [6, 6.07) is 13.7. The highest BCUT2D eigenvalue weighted by Gasteiger charge is 2.11. The van der Waals surface area contributed by atoms with Crippen LogP contribution in [0.1, 0.15) is 10.4 Å². The number of thiazole rings is 1. The van der Waals surface area contributed by atoms with Gasteiger partial charge < -0.3 is 14.8 Å². The summed E-state index contributed by atoms with van der Waals surface area (Å²) in [5, 5.41) is 7.69. The number of rotatable bonds is 7. The van der Waals surface area contributed by atoms with Crippen LogP contribution in [-0.4, -0.2) is 30.5 Å². The Morgan fingerprint density at radius 2 is 1.89 bits per heavy atom. The molecule has 0 saturated heterocycles. The van der Waals surface area contributed by atoms with Gasteiger partial charge in [-0.25, -0.2) is 4.98 Å². The Hall–Kier alpha value is -3.39. The lowest BCUT2D eigenvalue weighted by Gasteiger charge is -2.11. The van der Waals surface area contributed by atoms with Crippen molar-refractivity contribution in [3.8, 4) is 11.5 Å². The summed E-state index contributed by atoms with van der Waals surface area (Å²) in [4.78, 5) is 28.4. The molecule has 3 aromatic rings. The van der Waals surface area contributed by atoms with Crippen LogP contribution in [0.5, 0.6) is 11.5 Å². The third-order valence-electron chi connectivity index (χ3n) is 3.49.